The Labute approximate surface area is 258 Å². The van der Waals surface area contributed by atoms with Crippen LogP contribution in [0.3, 0.4) is 0 Å². The molecule has 1 aliphatic carbocycles. The molecule has 4 atom stereocenters. The number of hydrogen-bond donors (Lipinski definition) is 1. The molecule has 10 heteroatoms. The number of likely N-dealkylation sites (tertiary alicyclic amines) is 1. The summed E-state index contributed by atoms with van der Waals surface area (Å²) < 4.78 is 49.2. The molecule has 3 saturated heterocycles. The number of carboxylic acid groups (broad SMARTS) is 1. The van der Waals surface area contributed by atoms with Crippen LogP contribution in [0.2, 0.25) is 0 Å². The van der Waals surface area contributed by atoms with Crippen molar-refractivity contribution in [3.63, 3.8) is 0 Å². The van der Waals surface area contributed by atoms with Crippen molar-refractivity contribution >= 4 is 11.9 Å². The van der Waals surface area contributed by atoms with Gasteiger partial charge in [0, 0.05) is 76.4 Å². The van der Waals surface area contributed by atoms with Crippen LogP contribution in [-0.4, -0.2) is 95.7 Å². The van der Waals surface area contributed by atoms with Crippen molar-refractivity contribution in [3.8, 4) is 0 Å². The van der Waals surface area contributed by atoms with Crippen molar-refractivity contribution in [1.29, 1.82) is 0 Å². The highest BCUT2D eigenvalue weighted by Gasteiger charge is 2.45. The Hall–Kier alpha value is -2.95. The zero-order valence-electron chi connectivity index (χ0n) is 24.6. The molecule has 240 valence electrons. The Morgan fingerprint density at radius 2 is 1.70 bits per heavy atom. The SMILES string of the molecule is C.C[C@H]1CN([C@@H](Cc2ccc(C3CC3)cc2F)C(=O)O)CCN1C(=O)[C@@H]1CN(C2CCOCC2)C[C@H]1c1ccc(F)cc1F. The second-order valence-corrected chi connectivity index (χ2v) is 12.7. The summed E-state index contributed by atoms with van der Waals surface area (Å²) in [5.74, 6) is -3.30. The first-order chi connectivity index (χ1) is 20.7. The van der Waals surface area contributed by atoms with Gasteiger partial charge in [0.15, 0.2) is 0 Å². The third-order valence-corrected chi connectivity index (χ3v) is 9.94. The van der Waals surface area contributed by atoms with Gasteiger partial charge in [-0.2, -0.15) is 0 Å². The van der Waals surface area contributed by atoms with E-state index in [0.29, 0.717) is 63.0 Å². The maximum atomic E-state index is 15.0. The predicted octanol–water partition coefficient (Wildman–Crippen LogP) is 5.04. The van der Waals surface area contributed by atoms with E-state index < -0.39 is 35.5 Å². The lowest BCUT2D eigenvalue weighted by Gasteiger charge is -2.43. The van der Waals surface area contributed by atoms with E-state index in [1.165, 1.54) is 18.2 Å². The smallest absolute Gasteiger partial charge is 0.321 e. The topological polar surface area (TPSA) is 73.3 Å². The van der Waals surface area contributed by atoms with Gasteiger partial charge in [0.2, 0.25) is 5.91 Å². The number of piperazine rings is 1. The van der Waals surface area contributed by atoms with Crippen LogP contribution >= 0.6 is 0 Å². The molecule has 4 aliphatic rings. The minimum atomic E-state index is -1.02. The highest BCUT2D eigenvalue weighted by atomic mass is 19.1. The number of carboxylic acids is 1. The van der Waals surface area contributed by atoms with Crippen molar-refractivity contribution < 1.29 is 32.6 Å². The third-order valence-electron chi connectivity index (χ3n) is 9.94. The number of nitrogens with zero attached hydrogens (tertiary/aromatic N) is 3. The molecule has 0 unspecified atom stereocenters. The quantitative estimate of drug-likeness (QED) is 0.449. The maximum absolute atomic E-state index is 15.0. The van der Waals surface area contributed by atoms with E-state index in [0.717, 1.165) is 37.3 Å². The summed E-state index contributed by atoms with van der Waals surface area (Å²) >= 11 is 0. The molecule has 0 spiro atoms. The zero-order chi connectivity index (χ0) is 30.2. The molecule has 3 heterocycles. The van der Waals surface area contributed by atoms with Crippen LogP contribution < -0.4 is 0 Å². The number of carbonyl (C=O) groups excluding carboxylic acids is 1. The Morgan fingerprint density at radius 3 is 2.34 bits per heavy atom. The summed E-state index contributed by atoms with van der Waals surface area (Å²) in [6.45, 7) is 5.15. The van der Waals surface area contributed by atoms with Crippen LogP contribution in [-0.2, 0) is 20.7 Å². The number of carbonyl (C=O) groups is 2. The lowest BCUT2D eigenvalue weighted by Crippen LogP contribution is -2.59. The number of rotatable bonds is 8. The first-order valence-corrected chi connectivity index (χ1v) is 15.5. The fourth-order valence-electron chi connectivity index (χ4n) is 7.34. The highest BCUT2D eigenvalue weighted by molar-refractivity contribution is 5.81. The molecular weight excluding hydrogens is 571 g/mol. The molecule has 3 aliphatic heterocycles. The van der Waals surface area contributed by atoms with Crippen LogP contribution in [0.5, 0.6) is 0 Å². The summed E-state index contributed by atoms with van der Waals surface area (Å²) in [4.78, 5) is 32.3. The van der Waals surface area contributed by atoms with Crippen LogP contribution in [0.25, 0.3) is 0 Å². The summed E-state index contributed by atoms with van der Waals surface area (Å²) in [7, 11) is 0. The lowest BCUT2D eigenvalue weighted by molar-refractivity contribution is -0.147. The van der Waals surface area contributed by atoms with E-state index >= 15 is 4.39 Å². The molecule has 1 saturated carbocycles. The first kappa shape index (κ1) is 32.4. The largest absolute Gasteiger partial charge is 0.480 e. The summed E-state index contributed by atoms with van der Waals surface area (Å²) in [6.07, 6.45) is 3.85. The summed E-state index contributed by atoms with van der Waals surface area (Å²) in [5.41, 5.74) is 1.70. The average Bonchev–Trinajstić information content (AvgIpc) is 3.75. The van der Waals surface area contributed by atoms with Gasteiger partial charge in [0.1, 0.15) is 23.5 Å². The minimum absolute atomic E-state index is 0. The maximum Gasteiger partial charge on any atom is 0.321 e. The second kappa shape index (κ2) is 13.6. The van der Waals surface area contributed by atoms with Gasteiger partial charge in [-0.15, -0.1) is 0 Å². The van der Waals surface area contributed by atoms with E-state index in [4.69, 9.17) is 4.74 Å². The molecule has 0 aromatic heterocycles. The van der Waals surface area contributed by atoms with Crippen LogP contribution in [0.1, 0.15) is 68.6 Å². The van der Waals surface area contributed by atoms with Crippen molar-refractivity contribution in [2.45, 2.75) is 76.4 Å². The lowest BCUT2D eigenvalue weighted by atomic mass is 9.87. The Balaban J connectivity index is 0.00000384. The molecule has 1 amide bonds. The number of halogens is 3. The Morgan fingerprint density at radius 1 is 0.955 bits per heavy atom. The number of benzene rings is 2. The van der Waals surface area contributed by atoms with Gasteiger partial charge in [0.25, 0.3) is 0 Å². The van der Waals surface area contributed by atoms with E-state index in [1.54, 1.807) is 11.0 Å². The van der Waals surface area contributed by atoms with Gasteiger partial charge in [0.05, 0.1) is 5.92 Å². The number of amides is 1. The molecule has 4 fully saturated rings. The second-order valence-electron chi connectivity index (χ2n) is 12.7. The molecule has 44 heavy (non-hydrogen) atoms. The van der Waals surface area contributed by atoms with E-state index in [9.17, 15) is 23.5 Å². The highest BCUT2D eigenvalue weighted by Crippen LogP contribution is 2.41. The number of ether oxygens (including phenoxy) is 1. The summed E-state index contributed by atoms with van der Waals surface area (Å²) in [6, 6.07) is 7.76. The fourth-order valence-corrected chi connectivity index (χ4v) is 7.34. The van der Waals surface area contributed by atoms with Gasteiger partial charge in [-0.3, -0.25) is 19.4 Å². The molecular formula is C34H44F3N3O4. The standard InChI is InChI=1S/C33H40F3N3O4.CH4/c1-20-17-37(31(33(41)42)15-23-5-4-22(14-29(23)35)21-2-3-21)10-11-39(20)32(40)28-19-38(25-8-12-43-13-9-25)18-27(28)26-7-6-24(34)16-30(26)36;/h4-7,14,16,20-21,25,27-28,31H,2-3,8-13,15,17-19H2,1H3,(H,41,42);1H4/t20-,27-,28+,31-;/m0./s1. The number of aliphatic carboxylic acids is 1. The van der Waals surface area contributed by atoms with Gasteiger partial charge >= 0.3 is 5.97 Å². The Bertz CT molecular complexity index is 1350. The van der Waals surface area contributed by atoms with Crippen molar-refractivity contribution in [2.24, 2.45) is 5.92 Å². The van der Waals surface area contributed by atoms with Crippen molar-refractivity contribution in [2.75, 3.05) is 45.9 Å². The molecule has 6 rings (SSSR count). The third kappa shape index (κ3) is 6.82. The molecule has 0 bridgehead atoms. The van der Waals surface area contributed by atoms with Gasteiger partial charge in [-0.25, -0.2) is 13.2 Å². The van der Waals surface area contributed by atoms with Crippen LogP contribution in [0, 0.1) is 23.4 Å². The molecule has 0 radical (unpaired) electrons. The predicted molar refractivity (Wildman–Crippen MR) is 161 cm³/mol. The Kier molecular flexibility index (Phi) is 10.0. The zero-order valence-corrected chi connectivity index (χ0v) is 24.6. The van der Waals surface area contributed by atoms with E-state index in [-0.39, 0.29) is 37.7 Å². The van der Waals surface area contributed by atoms with E-state index in [1.807, 2.05) is 17.9 Å². The van der Waals surface area contributed by atoms with Gasteiger partial charge in [-0.1, -0.05) is 25.6 Å². The van der Waals surface area contributed by atoms with Crippen molar-refractivity contribution in [1.82, 2.24) is 14.7 Å². The summed E-state index contributed by atoms with van der Waals surface area (Å²) in [5, 5.41) is 10.1. The monoisotopic (exact) mass is 615 g/mol. The van der Waals surface area contributed by atoms with Crippen LogP contribution in [0.15, 0.2) is 36.4 Å². The number of hydrogen-bond acceptors (Lipinski definition) is 5. The molecule has 2 aromatic rings. The normalized spacial score (nSPS) is 25.9. The minimum Gasteiger partial charge on any atom is -0.480 e. The molecule has 7 nitrogen and oxygen atoms in total. The molecule has 2 aromatic carbocycles. The van der Waals surface area contributed by atoms with Gasteiger partial charge in [-0.05, 0) is 67.3 Å². The molecule has 1 N–H and O–H groups in total. The first-order valence-electron chi connectivity index (χ1n) is 15.5. The average molecular weight is 616 g/mol. The van der Waals surface area contributed by atoms with E-state index in [2.05, 4.69) is 4.90 Å². The van der Waals surface area contributed by atoms with Crippen molar-refractivity contribution in [3.05, 3.63) is 70.5 Å². The fraction of sp³-hybridized carbons (Fsp3) is 0.588. The van der Waals surface area contributed by atoms with Gasteiger partial charge < -0.3 is 14.7 Å². The van der Waals surface area contributed by atoms with Crippen LogP contribution in [0.4, 0.5) is 13.2 Å².